The fraction of sp³-hybridized carbons (Fsp3) is 0.647. The fourth-order valence-electron chi connectivity index (χ4n) is 2.84. The molecule has 0 amide bonds. The van der Waals surface area contributed by atoms with E-state index in [9.17, 15) is 0 Å². The molecule has 0 bridgehead atoms. The summed E-state index contributed by atoms with van der Waals surface area (Å²) < 4.78 is 12.3. The van der Waals surface area contributed by atoms with Crippen LogP contribution in [0.25, 0.3) is 0 Å². The van der Waals surface area contributed by atoms with Crippen molar-refractivity contribution in [1.29, 1.82) is 0 Å². The zero-order chi connectivity index (χ0) is 15.6. The second kappa shape index (κ2) is 4.50. The zero-order valence-corrected chi connectivity index (χ0v) is 14.6. The van der Waals surface area contributed by atoms with Crippen LogP contribution in [0.4, 0.5) is 0 Å². The Labute approximate surface area is 133 Å². The Morgan fingerprint density at radius 3 is 2.00 bits per heavy atom. The smallest absolute Gasteiger partial charge is 0.399 e. The third-order valence-electron chi connectivity index (χ3n) is 5.51. The van der Waals surface area contributed by atoms with Crippen LogP contribution in [0.1, 0.15) is 58.6 Å². The monoisotopic (exact) mass is 306 g/mol. The Bertz CT molecular complexity index is 575. The maximum atomic E-state index is 6.54. The van der Waals surface area contributed by atoms with Crippen molar-refractivity contribution in [3.8, 4) is 0 Å². The average molecular weight is 307 g/mol. The number of rotatable bonds is 2. The van der Waals surface area contributed by atoms with E-state index in [2.05, 4.69) is 47.6 Å². The first-order valence-corrected chi connectivity index (χ1v) is 8.10. The molecule has 1 saturated carbocycles. The fourth-order valence-corrected chi connectivity index (χ4v) is 3.24. The molecule has 1 aliphatic heterocycles. The molecule has 2 nitrogen and oxygen atoms in total. The minimum Gasteiger partial charge on any atom is -0.399 e. The lowest BCUT2D eigenvalue weighted by Gasteiger charge is -2.32. The number of halogens is 1. The van der Waals surface area contributed by atoms with E-state index in [0.717, 1.165) is 10.5 Å². The molecule has 0 spiro atoms. The van der Waals surface area contributed by atoms with Gasteiger partial charge >= 0.3 is 7.12 Å². The van der Waals surface area contributed by atoms with Crippen molar-refractivity contribution in [1.82, 2.24) is 0 Å². The molecule has 2 fully saturated rings. The van der Waals surface area contributed by atoms with Crippen LogP contribution in [-0.2, 0) is 14.7 Å². The van der Waals surface area contributed by atoms with E-state index < -0.39 is 0 Å². The third kappa shape index (κ3) is 2.44. The molecule has 1 aromatic carbocycles. The molecule has 1 aromatic rings. The highest BCUT2D eigenvalue weighted by Crippen LogP contribution is 2.50. The van der Waals surface area contributed by atoms with Crippen molar-refractivity contribution < 1.29 is 9.31 Å². The van der Waals surface area contributed by atoms with Crippen LogP contribution in [0.5, 0.6) is 0 Å². The molecule has 1 aliphatic carbocycles. The molecular weight excluding hydrogens is 282 g/mol. The van der Waals surface area contributed by atoms with Gasteiger partial charge in [0.25, 0.3) is 0 Å². The molecule has 0 radical (unpaired) electrons. The topological polar surface area (TPSA) is 18.5 Å². The summed E-state index contributed by atoms with van der Waals surface area (Å²) in [5.41, 5.74) is 3.14. The Kier molecular flexibility index (Phi) is 3.30. The van der Waals surface area contributed by atoms with Gasteiger partial charge in [-0.2, -0.15) is 0 Å². The molecular formula is C17H24BClO2. The van der Waals surface area contributed by atoms with Crippen molar-refractivity contribution in [2.24, 2.45) is 0 Å². The average Bonchev–Trinajstić information content (AvgIpc) is 3.04. The van der Waals surface area contributed by atoms with E-state index >= 15 is 0 Å². The lowest BCUT2D eigenvalue weighted by molar-refractivity contribution is 0.00578. The first-order valence-electron chi connectivity index (χ1n) is 7.72. The van der Waals surface area contributed by atoms with Gasteiger partial charge in [-0.3, -0.25) is 0 Å². The highest BCUT2D eigenvalue weighted by Gasteiger charge is 2.52. The van der Waals surface area contributed by atoms with Crippen LogP contribution in [0, 0.1) is 6.92 Å². The van der Waals surface area contributed by atoms with Crippen LogP contribution < -0.4 is 5.46 Å². The van der Waals surface area contributed by atoms with Gasteiger partial charge in [-0.25, -0.2) is 0 Å². The van der Waals surface area contributed by atoms with Crippen molar-refractivity contribution in [3.63, 3.8) is 0 Å². The molecule has 0 atom stereocenters. The minimum atomic E-state index is -0.339. The highest BCUT2D eigenvalue weighted by atomic mass is 35.5. The third-order valence-corrected chi connectivity index (χ3v) is 5.83. The minimum absolute atomic E-state index is 0.274. The zero-order valence-electron chi connectivity index (χ0n) is 13.8. The Balaban J connectivity index is 1.96. The predicted octanol–water partition coefficient (Wildman–Crippen LogP) is 4.00. The number of benzene rings is 1. The molecule has 0 unspecified atom stereocenters. The van der Waals surface area contributed by atoms with E-state index in [1.807, 2.05) is 6.07 Å². The molecule has 114 valence electrons. The molecule has 4 heteroatoms. The van der Waals surface area contributed by atoms with Gasteiger partial charge < -0.3 is 9.31 Å². The van der Waals surface area contributed by atoms with Crippen molar-refractivity contribution >= 4 is 24.2 Å². The van der Waals surface area contributed by atoms with E-state index in [-0.39, 0.29) is 23.7 Å². The van der Waals surface area contributed by atoms with Gasteiger partial charge in [0.2, 0.25) is 0 Å². The summed E-state index contributed by atoms with van der Waals surface area (Å²) in [7, 11) is -0.339. The van der Waals surface area contributed by atoms with Crippen molar-refractivity contribution in [3.05, 3.63) is 28.3 Å². The van der Waals surface area contributed by atoms with E-state index in [1.165, 1.54) is 24.0 Å². The van der Waals surface area contributed by atoms with Gasteiger partial charge in [-0.1, -0.05) is 30.2 Å². The molecule has 3 rings (SSSR count). The van der Waals surface area contributed by atoms with Crippen LogP contribution in [0.3, 0.4) is 0 Å². The highest BCUT2D eigenvalue weighted by molar-refractivity contribution is 6.63. The van der Waals surface area contributed by atoms with Gasteiger partial charge in [0.15, 0.2) is 0 Å². The Hall–Kier alpha value is -0.505. The van der Waals surface area contributed by atoms with E-state index in [0.29, 0.717) is 0 Å². The summed E-state index contributed by atoms with van der Waals surface area (Å²) in [5, 5.41) is 0.838. The first kappa shape index (κ1) is 15.4. The quantitative estimate of drug-likeness (QED) is 0.769. The molecule has 0 N–H and O–H groups in total. The normalized spacial score (nSPS) is 25.2. The van der Waals surface area contributed by atoms with E-state index in [4.69, 9.17) is 20.9 Å². The van der Waals surface area contributed by atoms with Gasteiger partial charge in [-0.15, -0.1) is 0 Å². The lowest BCUT2D eigenvalue weighted by Crippen LogP contribution is -2.41. The molecule has 1 heterocycles. The van der Waals surface area contributed by atoms with Crippen molar-refractivity contribution in [2.45, 2.75) is 71.0 Å². The van der Waals surface area contributed by atoms with Crippen LogP contribution in [-0.4, -0.2) is 18.3 Å². The maximum absolute atomic E-state index is 6.54. The molecule has 1 saturated heterocycles. The van der Waals surface area contributed by atoms with Gasteiger partial charge in [0.1, 0.15) is 0 Å². The van der Waals surface area contributed by atoms with Crippen LogP contribution in [0.2, 0.25) is 5.02 Å². The molecule has 2 aliphatic rings. The summed E-state index contributed by atoms with van der Waals surface area (Å²) >= 11 is 6.54. The summed E-state index contributed by atoms with van der Waals surface area (Å²) in [5.74, 6) is 0. The largest absolute Gasteiger partial charge is 0.495 e. The Morgan fingerprint density at radius 1 is 1.00 bits per heavy atom. The SMILES string of the molecule is Cc1cc(C2(C)CC2)c(Cl)cc1B1OC(C)(C)C(C)(C)O1. The Morgan fingerprint density at radius 2 is 1.52 bits per heavy atom. The van der Waals surface area contributed by atoms with Crippen LogP contribution in [0.15, 0.2) is 12.1 Å². The predicted molar refractivity (Wildman–Crippen MR) is 88.5 cm³/mol. The summed E-state index contributed by atoms with van der Waals surface area (Å²) in [6.45, 7) is 12.7. The summed E-state index contributed by atoms with van der Waals surface area (Å²) in [6, 6.07) is 4.26. The number of hydrogen-bond acceptors (Lipinski definition) is 2. The van der Waals surface area contributed by atoms with Gasteiger partial charge in [-0.05, 0) is 70.0 Å². The lowest BCUT2D eigenvalue weighted by atomic mass is 9.75. The number of hydrogen-bond donors (Lipinski definition) is 0. The van der Waals surface area contributed by atoms with Gasteiger partial charge in [0, 0.05) is 5.02 Å². The first-order chi connectivity index (χ1) is 9.56. The maximum Gasteiger partial charge on any atom is 0.495 e. The second-order valence-corrected chi connectivity index (χ2v) is 8.24. The molecule has 0 aromatic heterocycles. The van der Waals surface area contributed by atoms with E-state index in [1.54, 1.807) is 0 Å². The van der Waals surface area contributed by atoms with Crippen LogP contribution >= 0.6 is 11.6 Å². The van der Waals surface area contributed by atoms with Gasteiger partial charge in [0.05, 0.1) is 11.2 Å². The standard InChI is InChI=1S/C17H24BClO2/c1-11-9-12(17(6)7-8-17)14(19)10-13(11)18-20-15(2,3)16(4,5)21-18/h9-10H,7-8H2,1-6H3. The molecule has 21 heavy (non-hydrogen) atoms. The number of aryl methyl sites for hydroxylation is 1. The summed E-state index contributed by atoms with van der Waals surface area (Å²) in [6.07, 6.45) is 2.45. The van der Waals surface area contributed by atoms with Crippen molar-refractivity contribution in [2.75, 3.05) is 0 Å². The second-order valence-electron chi connectivity index (χ2n) is 7.84. The summed E-state index contributed by atoms with van der Waals surface area (Å²) in [4.78, 5) is 0.